The topological polar surface area (TPSA) is 73.4 Å². The summed E-state index contributed by atoms with van der Waals surface area (Å²) >= 11 is 1.12. The second-order valence-electron chi connectivity index (χ2n) is 3.50. The summed E-state index contributed by atoms with van der Waals surface area (Å²) in [7, 11) is -4.66. The lowest BCUT2D eigenvalue weighted by molar-refractivity contribution is -0.645. The van der Waals surface area contributed by atoms with Crippen molar-refractivity contribution in [3.63, 3.8) is 0 Å². The average Bonchev–Trinajstić information content (AvgIpc) is 2.91. The molecule has 102 valence electrons. The Morgan fingerprint density at radius 1 is 1.37 bits per heavy atom. The van der Waals surface area contributed by atoms with Gasteiger partial charge in [-0.1, -0.05) is 13.0 Å². The van der Waals surface area contributed by atoms with Crippen molar-refractivity contribution in [1.82, 2.24) is 0 Å². The predicted octanol–water partition coefficient (Wildman–Crippen LogP) is 1.95. The van der Waals surface area contributed by atoms with E-state index in [1.165, 1.54) is 12.3 Å². The van der Waals surface area contributed by atoms with Crippen LogP contribution >= 0.6 is 11.3 Å². The minimum atomic E-state index is -3.69. The van der Waals surface area contributed by atoms with Crippen molar-refractivity contribution < 1.29 is 13.1 Å². The summed E-state index contributed by atoms with van der Waals surface area (Å²) < 4.78 is 28.9. The minimum Gasteiger partial charge on any atom is -0.618 e. The van der Waals surface area contributed by atoms with Gasteiger partial charge in [0.1, 0.15) is 4.21 Å². The zero-order chi connectivity index (χ0) is 13.9. The van der Waals surface area contributed by atoms with E-state index in [-0.39, 0.29) is 4.21 Å². The van der Waals surface area contributed by atoms with Gasteiger partial charge < -0.3 is 5.21 Å². The largest absolute Gasteiger partial charge is 0.618 e. The molecule has 0 aliphatic heterocycles. The van der Waals surface area contributed by atoms with E-state index in [2.05, 4.69) is 3.77 Å². The molecule has 8 heteroatoms. The van der Waals surface area contributed by atoms with Gasteiger partial charge in [0, 0.05) is 28.6 Å². The Bertz CT molecular complexity index is 694. The first-order valence-corrected chi connectivity index (χ1v) is 9.12. The molecule has 0 spiro atoms. The third-order valence-corrected chi connectivity index (χ3v) is 7.32. The first-order valence-electron chi connectivity index (χ1n) is 5.45. The smallest absolute Gasteiger partial charge is 0.297 e. The lowest BCUT2D eigenvalue weighted by Gasteiger charge is -2.06. The molecule has 0 radical (unpaired) electrons. The van der Waals surface area contributed by atoms with Crippen LogP contribution in [0.25, 0.3) is 0 Å². The van der Waals surface area contributed by atoms with Gasteiger partial charge >= 0.3 is 0 Å². The van der Waals surface area contributed by atoms with Crippen LogP contribution in [0.1, 0.15) is 6.92 Å². The third kappa shape index (κ3) is 3.20. The maximum atomic E-state index is 12.1. The molecule has 0 saturated heterocycles. The third-order valence-electron chi connectivity index (χ3n) is 2.24. The molecule has 0 amide bonds. The van der Waals surface area contributed by atoms with Crippen LogP contribution in [0.5, 0.6) is 0 Å². The molecule has 1 unspecified atom stereocenters. The van der Waals surface area contributed by atoms with Gasteiger partial charge in [-0.15, -0.1) is 15.1 Å². The van der Waals surface area contributed by atoms with E-state index in [0.717, 1.165) is 11.3 Å². The molecule has 0 bridgehead atoms. The molecule has 2 rings (SSSR count). The molecular formula is C11H12N2O3S3. The molecule has 19 heavy (non-hydrogen) atoms. The maximum absolute atomic E-state index is 12.1. The Balaban J connectivity index is 2.49. The zero-order valence-corrected chi connectivity index (χ0v) is 12.5. The highest BCUT2D eigenvalue weighted by molar-refractivity contribution is 8.01. The van der Waals surface area contributed by atoms with Crippen molar-refractivity contribution in [2.45, 2.75) is 16.2 Å². The molecular weight excluding hydrogens is 304 g/mol. The lowest BCUT2D eigenvalue weighted by Crippen LogP contribution is -2.31. The number of sulfonamides is 1. The van der Waals surface area contributed by atoms with Gasteiger partial charge in [-0.05, 0) is 17.5 Å². The van der Waals surface area contributed by atoms with E-state index >= 15 is 0 Å². The molecule has 2 heterocycles. The Morgan fingerprint density at radius 2 is 2.16 bits per heavy atom. The van der Waals surface area contributed by atoms with Crippen LogP contribution in [0.15, 0.2) is 54.9 Å². The fourth-order valence-corrected chi connectivity index (χ4v) is 5.79. The van der Waals surface area contributed by atoms with Crippen molar-refractivity contribution in [2.75, 3.05) is 5.75 Å². The van der Waals surface area contributed by atoms with Gasteiger partial charge in [0.15, 0.2) is 6.20 Å². The van der Waals surface area contributed by atoms with Crippen LogP contribution in [0.2, 0.25) is 0 Å². The molecule has 0 aliphatic carbocycles. The lowest BCUT2D eigenvalue weighted by atomic mass is 10.5. The van der Waals surface area contributed by atoms with Crippen molar-refractivity contribution in [3.8, 4) is 0 Å². The molecule has 0 fully saturated rings. The van der Waals surface area contributed by atoms with Crippen molar-refractivity contribution in [2.24, 2.45) is 3.77 Å². The van der Waals surface area contributed by atoms with Crippen LogP contribution in [0, 0.1) is 5.21 Å². The Kier molecular flexibility index (Phi) is 4.33. The zero-order valence-electron chi connectivity index (χ0n) is 10.1. The predicted molar refractivity (Wildman–Crippen MR) is 75.5 cm³/mol. The number of thiophene rings is 1. The summed E-state index contributed by atoms with van der Waals surface area (Å²) in [5.41, 5.74) is 0. The fourth-order valence-electron chi connectivity index (χ4n) is 1.40. The van der Waals surface area contributed by atoms with E-state index in [1.807, 2.05) is 6.92 Å². The van der Waals surface area contributed by atoms with E-state index < -0.39 is 20.7 Å². The summed E-state index contributed by atoms with van der Waals surface area (Å²) in [6, 6.07) is 8.07. The molecule has 1 atom stereocenters. The highest BCUT2D eigenvalue weighted by Crippen LogP contribution is 2.20. The SMILES string of the molecule is CCS(=NS(=O)(=O)c1cccs1)c1cccc[n+]1[O-]. The first kappa shape index (κ1) is 14.2. The van der Waals surface area contributed by atoms with Gasteiger partial charge in [0.05, 0.1) is 0 Å². The normalized spacial score (nSPS) is 13.5. The molecule has 0 N–H and O–H groups in total. The van der Waals surface area contributed by atoms with E-state index in [4.69, 9.17) is 0 Å². The number of aromatic nitrogens is 1. The van der Waals surface area contributed by atoms with Crippen LogP contribution in [0.3, 0.4) is 0 Å². The van der Waals surface area contributed by atoms with Crippen LogP contribution in [-0.2, 0) is 20.7 Å². The van der Waals surface area contributed by atoms with Crippen LogP contribution in [0.4, 0.5) is 0 Å². The second kappa shape index (κ2) is 5.81. The fraction of sp³-hybridized carbons (Fsp3) is 0.182. The minimum absolute atomic E-state index is 0.201. The van der Waals surface area contributed by atoms with Crippen molar-refractivity contribution in [3.05, 3.63) is 47.1 Å². The van der Waals surface area contributed by atoms with Gasteiger partial charge in [0.2, 0.25) is 0 Å². The Hall–Kier alpha value is -1.25. The summed E-state index contributed by atoms with van der Waals surface area (Å²) in [5, 5.41) is 13.7. The summed E-state index contributed by atoms with van der Waals surface area (Å²) in [5.74, 6) is 0.469. The van der Waals surface area contributed by atoms with Crippen molar-refractivity contribution in [1.29, 1.82) is 0 Å². The highest BCUT2D eigenvalue weighted by atomic mass is 32.3. The van der Waals surface area contributed by atoms with Crippen molar-refractivity contribution >= 4 is 32.1 Å². The van der Waals surface area contributed by atoms with E-state index in [9.17, 15) is 13.6 Å². The maximum Gasteiger partial charge on any atom is 0.297 e. The van der Waals surface area contributed by atoms with Crippen LogP contribution < -0.4 is 4.73 Å². The van der Waals surface area contributed by atoms with Gasteiger partial charge in [-0.25, -0.2) is 0 Å². The molecule has 2 aromatic heterocycles. The number of rotatable bonds is 4. The monoisotopic (exact) mass is 316 g/mol. The number of nitrogens with zero attached hydrogens (tertiary/aromatic N) is 2. The van der Waals surface area contributed by atoms with E-state index in [0.29, 0.717) is 15.5 Å². The standard InChI is InChI=1S/C11H12N2O3S3/c1-2-18(10-6-3-4-8-13(10)14)12-19(15,16)11-7-5-9-17-11/h3-9H,2H2,1H3. The molecule has 0 aromatic carbocycles. The summed E-state index contributed by atoms with van der Waals surface area (Å²) in [6.07, 6.45) is 1.35. The average molecular weight is 316 g/mol. The summed E-state index contributed by atoms with van der Waals surface area (Å²) in [6.45, 7) is 1.81. The second-order valence-corrected chi connectivity index (χ2v) is 8.42. The number of hydrogen-bond acceptors (Lipinski definition) is 4. The van der Waals surface area contributed by atoms with Gasteiger partial charge in [-0.2, -0.15) is 13.1 Å². The Labute approximate surface area is 118 Å². The molecule has 5 nitrogen and oxygen atoms in total. The molecule has 2 aromatic rings. The number of pyridine rings is 1. The van der Waals surface area contributed by atoms with Crippen LogP contribution in [-0.4, -0.2) is 14.2 Å². The quantitative estimate of drug-likeness (QED) is 0.639. The molecule has 0 aliphatic rings. The van der Waals surface area contributed by atoms with E-state index in [1.54, 1.807) is 29.6 Å². The molecule has 0 saturated carbocycles. The summed E-state index contributed by atoms with van der Waals surface area (Å²) in [4.78, 5) is 0. The number of hydrogen-bond donors (Lipinski definition) is 0. The van der Waals surface area contributed by atoms with Gasteiger partial charge in [-0.3, -0.25) is 0 Å². The Morgan fingerprint density at radius 3 is 2.74 bits per heavy atom. The van der Waals surface area contributed by atoms with Gasteiger partial charge in [0.25, 0.3) is 15.0 Å². The highest BCUT2D eigenvalue weighted by Gasteiger charge is 2.18. The first-order chi connectivity index (χ1) is 9.04.